The van der Waals surface area contributed by atoms with Gasteiger partial charge in [0.05, 0.1) is 11.1 Å². The number of nitrogens with one attached hydrogen (secondary N) is 2. The molecule has 2 atom stereocenters. The van der Waals surface area contributed by atoms with Gasteiger partial charge in [0.1, 0.15) is 12.1 Å². The Hall–Kier alpha value is -4.54. The lowest BCUT2D eigenvalue weighted by atomic mass is 10.1. The van der Waals surface area contributed by atoms with E-state index in [4.69, 9.17) is 0 Å². The van der Waals surface area contributed by atoms with Crippen LogP contribution in [0.1, 0.15) is 31.8 Å². The van der Waals surface area contributed by atoms with Crippen molar-refractivity contribution in [3.63, 3.8) is 0 Å². The molecule has 4 N–H and O–H groups in total. The summed E-state index contributed by atoms with van der Waals surface area (Å²) >= 11 is 0. The molecule has 4 aromatic rings. The molecule has 0 aliphatic rings. The molecule has 8 nitrogen and oxygen atoms in total. The van der Waals surface area contributed by atoms with Crippen molar-refractivity contribution in [1.82, 2.24) is 10.6 Å². The summed E-state index contributed by atoms with van der Waals surface area (Å²) in [4.78, 5) is 51.3. The van der Waals surface area contributed by atoms with E-state index < -0.39 is 35.8 Å². The van der Waals surface area contributed by atoms with Crippen LogP contribution in [0, 0.1) is 0 Å². The number of rotatable bonds is 13. The number of aliphatic carboxylic acids is 2. The van der Waals surface area contributed by atoms with Crippen LogP contribution in [-0.2, 0) is 22.4 Å². The Balaban J connectivity index is 1.46. The van der Waals surface area contributed by atoms with Gasteiger partial charge in [0.15, 0.2) is 0 Å². The summed E-state index contributed by atoms with van der Waals surface area (Å²) in [6.07, 6.45) is 0.270. The lowest BCUT2D eigenvalue weighted by molar-refractivity contribution is -0.140. The highest BCUT2D eigenvalue weighted by Crippen LogP contribution is 2.40. The van der Waals surface area contributed by atoms with Crippen molar-refractivity contribution in [2.45, 2.75) is 34.7 Å². The first-order chi connectivity index (χ1) is 20.3. The first-order valence-corrected chi connectivity index (χ1v) is 15.1. The molecule has 0 aromatic heterocycles. The molecule has 10 heteroatoms. The highest BCUT2D eigenvalue weighted by atomic mass is 33.1. The summed E-state index contributed by atoms with van der Waals surface area (Å²) in [7, 11) is 2.48. The molecule has 0 saturated carbocycles. The number of hydrogen-bond donors (Lipinski definition) is 4. The molecule has 4 rings (SSSR count). The van der Waals surface area contributed by atoms with E-state index in [0.717, 1.165) is 11.1 Å². The molecule has 0 aliphatic carbocycles. The molecule has 0 aliphatic heterocycles. The highest BCUT2D eigenvalue weighted by Gasteiger charge is 2.24. The van der Waals surface area contributed by atoms with E-state index in [1.165, 1.54) is 21.6 Å². The van der Waals surface area contributed by atoms with Gasteiger partial charge < -0.3 is 20.8 Å². The van der Waals surface area contributed by atoms with Gasteiger partial charge in [-0.05, 0) is 35.4 Å². The van der Waals surface area contributed by atoms with Gasteiger partial charge in [-0.2, -0.15) is 0 Å². The second-order valence-electron chi connectivity index (χ2n) is 9.27. The Kier molecular flexibility index (Phi) is 10.8. The Morgan fingerprint density at radius 2 is 0.857 bits per heavy atom. The summed E-state index contributed by atoms with van der Waals surface area (Å²) in [6.45, 7) is 0. The predicted molar refractivity (Wildman–Crippen MR) is 163 cm³/mol. The second-order valence-corrected chi connectivity index (χ2v) is 11.5. The fourth-order valence-electron chi connectivity index (χ4n) is 4.12. The standard InChI is InChI=1S/C32H28N2O6S2/c35-29(33-25(31(37)38)19-21-11-3-1-4-12-21)23-15-7-9-17-27(23)41-42-28-18-10-8-16-24(28)30(36)34-26(32(39)40)20-22-13-5-2-6-14-22/h1-18,25-26H,19-20H2,(H,33,35)(H,34,36)(H,37,38)(H,39,40)/t25-,26-/m0/s1. The summed E-state index contributed by atoms with van der Waals surface area (Å²) in [6, 6.07) is 29.5. The average molecular weight is 601 g/mol. The SMILES string of the molecule is O=C(N[C@@H](Cc1ccccc1)C(=O)O)c1ccccc1SSc1ccccc1C(=O)N[C@@H](Cc1ccccc1)C(=O)O. The quantitative estimate of drug-likeness (QED) is 0.151. The zero-order chi connectivity index (χ0) is 29.9. The van der Waals surface area contributed by atoms with Crippen molar-refractivity contribution >= 4 is 45.3 Å². The van der Waals surface area contributed by atoms with Crippen LogP contribution in [0.2, 0.25) is 0 Å². The normalized spacial score (nSPS) is 12.1. The maximum atomic E-state index is 13.2. The molecule has 42 heavy (non-hydrogen) atoms. The molecule has 0 bridgehead atoms. The van der Waals surface area contributed by atoms with E-state index in [1.54, 1.807) is 72.8 Å². The maximum Gasteiger partial charge on any atom is 0.326 e. The number of carboxylic acid groups (broad SMARTS) is 2. The zero-order valence-corrected chi connectivity index (χ0v) is 23.9. The first kappa shape index (κ1) is 30.4. The third kappa shape index (κ3) is 8.48. The minimum absolute atomic E-state index is 0.135. The maximum absolute atomic E-state index is 13.2. The fourth-order valence-corrected chi connectivity index (χ4v) is 6.47. The van der Waals surface area contributed by atoms with Crippen LogP contribution in [0.3, 0.4) is 0 Å². The minimum atomic E-state index is -1.14. The van der Waals surface area contributed by atoms with Crippen molar-refractivity contribution in [2.75, 3.05) is 0 Å². The van der Waals surface area contributed by atoms with Crippen molar-refractivity contribution in [3.8, 4) is 0 Å². The van der Waals surface area contributed by atoms with Gasteiger partial charge in [-0.3, -0.25) is 9.59 Å². The molecule has 2 amide bonds. The number of carboxylic acids is 2. The predicted octanol–water partition coefficient (Wildman–Crippen LogP) is 5.34. The van der Waals surface area contributed by atoms with E-state index in [0.29, 0.717) is 20.9 Å². The van der Waals surface area contributed by atoms with Gasteiger partial charge in [0, 0.05) is 22.6 Å². The minimum Gasteiger partial charge on any atom is -0.480 e. The largest absolute Gasteiger partial charge is 0.480 e. The third-order valence-electron chi connectivity index (χ3n) is 6.26. The molecule has 0 unspecified atom stereocenters. The molecule has 0 spiro atoms. The van der Waals surface area contributed by atoms with Gasteiger partial charge in [-0.25, -0.2) is 9.59 Å². The van der Waals surface area contributed by atoms with Crippen molar-refractivity contribution in [3.05, 3.63) is 131 Å². The molecule has 0 radical (unpaired) electrons. The molecule has 0 heterocycles. The Labute approximate surface area is 251 Å². The van der Waals surface area contributed by atoms with Crippen LogP contribution >= 0.6 is 21.6 Å². The molecule has 214 valence electrons. The Bertz CT molecular complexity index is 1430. The highest BCUT2D eigenvalue weighted by molar-refractivity contribution is 8.76. The van der Waals surface area contributed by atoms with Gasteiger partial charge in [0.25, 0.3) is 11.8 Å². The molecule has 4 aromatic carbocycles. The van der Waals surface area contributed by atoms with E-state index in [9.17, 15) is 29.4 Å². The van der Waals surface area contributed by atoms with Crippen LogP contribution in [0.5, 0.6) is 0 Å². The van der Waals surface area contributed by atoms with Crippen molar-refractivity contribution in [1.29, 1.82) is 0 Å². The van der Waals surface area contributed by atoms with E-state index >= 15 is 0 Å². The van der Waals surface area contributed by atoms with Crippen LogP contribution < -0.4 is 10.6 Å². The summed E-state index contributed by atoms with van der Waals surface area (Å²) < 4.78 is 0. The molecular formula is C32H28N2O6S2. The lowest BCUT2D eigenvalue weighted by Crippen LogP contribution is -2.42. The average Bonchev–Trinajstić information content (AvgIpc) is 3.00. The third-order valence-corrected chi connectivity index (χ3v) is 8.74. The number of carbonyl (C=O) groups is 4. The topological polar surface area (TPSA) is 133 Å². The zero-order valence-electron chi connectivity index (χ0n) is 22.3. The number of amides is 2. The van der Waals surface area contributed by atoms with Gasteiger partial charge in [-0.15, -0.1) is 0 Å². The van der Waals surface area contributed by atoms with E-state index in [-0.39, 0.29) is 12.8 Å². The van der Waals surface area contributed by atoms with Crippen LogP contribution in [0.4, 0.5) is 0 Å². The fraction of sp³-hybridized carbons (Fsp3) is 0.125. The van der Waals surface area contributed by atoms with E-state index in [2.05, 4.69) is 10.6 Å². The van der Waals surface area contributed by atoms with Crippen LogP contribution in [0.25, 0.3) is 0 Å². The Morgan fingerprint density at radius 1 is 0.524 bits per heavy atom. The molecule has 0 saturated heterocycles. The van der Waals surface area contributed by atoms with Gasteiger partial charge in [-0.1, -0.05) is 107 Å². The van der Waals surface area contributed by atoms with Crippen LogP contribution in [-0.4, -0.2) is 46.0 Å². The van der Waals surface area contributed by atoms with E-state index in [1.807, 2.05) is 36.4 Å². The summed E-state index contributed by atoms with van der Waals surface area (Å²) in [5, 5.41) is 24.7. The molecule has 0 fully saturated rings. The number of carbonyl (C=O) groups excluding carboxylic acids is 2. The van der Waals surface area contributed by atoms with Gasteiger partial charge in [0.2, 0.25) is 0 Å². The van der Waals surface area contributed by atoms with Crippen molar-refractivity contribution < 1.29 is 29.4 Å². The lowest BCUT2D eigenvalue weighted by Gasteiger charge is -2.17. The van der Waals surface area contributed by atoms with Crippen molar-refractivity contribution in [2.24, 2.45) is 0 Å². The second kappa shape index (κ2) is 14.9. The smallest absolute Gasteiger partial charge is 0.326 e. The summed E-state index contributed by atoms with van der Waals surface area (Å²) in [5.74, 6) is -3.34. The monoisotopic (exact) mass is 600 g/mol. The Morgan fingerprint density at radius 3 is 1.21 bits per heavy atom. The van der Waals surface area contributed by atoms with Gasteiger partial charge >= 0.3 is 11.9 Å². The first-order valence-electron chi connectivity index (χ1n) is 13.0. The number of benzene rings is 4. The van der Waals surface area contributed by atoms with Crippen LogP contribution in [0.15, 0.2) is 119 Å². The summed E-state index contributed by atoms with van der Waals surface area (Å²) in [5.41, 5.74) is 2.16. The number of hydrogen-bond acceptors (Lipinski definition) is 6. The molecular weight excluding hydrogens is 572 g/mol.